The van der Waals surface area contributed by atoms with E-state index >= 15 is 0 Å². The number of nitrogens with zero attached hydrogens (tertiary/aromatic N) is 2. The van der Waals surface area contributed by atoms with Crippen LogP contribution in [0.25, 0.3) is 0 Å². The zero-order valence-electron chi connectivity index (χ0n) is 14.7. The van der Waals surface area contributed by atoms with Gasteiger partial charge < -0.3 is 10.2 Å². The SMILES string of the molecule is Cc1ccc(O)c([C@H]2CC(c3ccc(F)cc3)=NN2C(=O)CCC(=O)O)c1. The van der Waals surface area contributed by atoms with E-state index in [-0.39, 0.29) is 24.4 Å². The summed E-state index contributed by atoms with van der Waals surface area (Å²) in [5.74, 6) is -1.85. The van der Waals surface area contributed by atoms with E-state index in [1.165, 1.54) is 17.1 Å². The van der Waals surface area contributed by atoms with Crippen molar-refractivity contribution in [3.63, 3.8) is 0 Å². The van der Waals surface area contributed by atoms with Crippen molar-refractivity contribution in [1.82, 2.24) is 5.01 Å². The minimum Gasteiger partial charge on any atom is -0.508 e. The molecule has 0 aliphatic carbocycles. The first-order chi connectivity index (χ1) is 12.8. The van der Waals surface area contributed by atoms with Gasteiger partial charge in [-0.1, -0.05) is 29.8 Å². The molecule has 2 aromatic rings. The van der Waals surface area contributed by atoms with Gasteiger partial charge in [0.1, 0.15) is 11.6 Å². The Morgan fingerprint density at radius 3 is 2.56 bits per heavy atom. The molecule has 3 rings (SSSR count). The largest absolute Gasteiger partial charge is 0.508 e. The predicted molar refractivity (Wildman–Crippen MR) is 96.9 cm³/mol. The van der Waals surface area contributed by atoms with Crippen LogP contribution in [0.1, 0.15) is 42.0 Å². The molecule has 0 fully saturated rings. The van der Waals surface area contributed by atoms with Crippen molar-refractivity contribution in [2.24, 2.45) is 5.10 Å². The van der Waals surface area contributed by atoms with E-state index < -0.39 is 17.9 Å². The van der Waals surface area contributed by atoms with Crippen LogP contribution in [-0.4, -0.2) is 32.8 Å². The normalized spacial score (nSPS) is 16.3. The third-order valence-electron chi connectivity index (χ3n) is 4.44. The van der Waals surface area contributed by atoms with Crippen molar-refractivity contribution in [2.75, 3.05) is 0 Å². The fraction of sp³-hybridized carbons (Fsp3) is 0.250. The number of rotatable bonds is 5. The van der Waals surface area contributed by atoms with Crippen LogP contribution in [0.4, 0.5) is 4.39 Å². The van der Waals surface area contributed by atoms with Gasteiger partial charge >= 0.3 is 5.97 Å². The summed E-state index contributed by atoms with van der Waals surface area (Å²) in [5.41, 5.74) is 2.70. The summed E-state index contributed by atoms with van der Waals surface area (Å²) in [7, 11) is 0. The van der Waals surface area contributed by atoms with Crippen LogP contribution in [0, 0.1) is 12.7 Å². The number of aryl methyl sites for hydroxylation is 1. The zero-order valence-corrected chi connectivity index (χ0v) is 14.7. The lowest BCUT2D eigenvalue weighted by molar-refractivity contribution is -0.141. The number of hydrogen-bond acceptors (Lipinski definition) is 4. The Balaban J connectivity index is 1.96. The summed E-state index contributed by atoms with van der Waals surface area (Å²) in [5, 5.41) is 24.7. The molecular weight excluding hydrogens is 351 g/mol. The summed E-state index contributed by atoms with van der Waals surface area (Å²) in [6, 6.07) is 10.3. The minimum absolute atomic E-state index is 0.0391. The molecule has 2 N–H and O–H groups in total. The second kappa shape index (κ2) is 7.57. The zero-order chi connectivity index (χ0) is 19.6. The van der Waals surface area contributed by atoms with Gasteiger partial charge in [-0.2, -0.15) is 5.10 Å². The Hall–Kier alpha value is -3.22. The maximum atomic E-state index is 13.2. The Bertz CT molecular complexity index is 909. The van der Waals surface area contributed by atoms with Gasteiger partial charge in [-0.25, -0.2) is 9.40 Å². The fourth-order valence-electron chi connectivity index (χ4n) is 3.07. The number of carboxylic acids is 1. The van der Waals surface area contributed by atoms with Gasteiger partial charge in [0.05, 0.1) is 18.2 Å². The Morgan fingerprint density at radius 1 is 1.19 bits per heavy atom. The molecule has 6 nitrogen and oxygen atoms in total. The van der Waals surface area contributed by atoms with Crippen LogP contribution in [0.5, 0.6) is 5.75 Å². The number of phenolic OH excluding ortho intramolecular Hbond substituents is 1. The van der Waals surface area contributed by atoms with E-state index in [9.17, 15) is 19.1 Å². The molecule has 0 saturated carbocycles. The average Bonchev–Trinajstić information content (AvgIpc) is 3.07. The predicted octanol–water partition coefficient (Wildman–Crippen LogP) is 3.38. The number of carboxylic acid groups (broad SMARTS) is 1. The van der Waals surface area contributed by atoms with E-state index in [1.807, 2.05) is 6.92 Å². The second-order valence-corrected chi connectivity index (χ2v) is 6.47. The van der Waals surface area contributed by atoms with Crippen LogP contribution < -0.4 is 0 Å². The Labute approximate surface area is 155 Å². The maximum absolute atomic E-state index is 13.2. The van der Waals surface area contributed by atoms with Gasteiger partial charge in [-0.05, 0) is 30.7 Å². The molecule has 1 amide bonds. The van der Waals surface area contributed by atoms with Crippen LogP contribution >= 0.6 is 0 Å². The molecular formula is C20H19FN2O4. The van der Waals surface area contributed by atoms with Gasteiger partial charge in [0.25, 0.3) is 0 Å². The first kappa shape index (κ1) is 18.6. The molecule has 0 unspecified atom stereocenters. The van der Waals surface area contributed by atoms with Crippen LogP contribution in [-0.2, 0) is 9.59 Å². The molecule has 0 bridgehead atoms. The topological polar surface area (TPSA) is 90.2 Å². The van der Waals surface area contributed by atoms with Gasteiger partial charge in [0.15, 0.2) is 0 Å². The molecule has 140 valence electrons. The highest BCUT2D eigenvalue weighted by Crippen LogP contribution is 2.38. The van der Waals surface area contributed by atoms with Crippen LogP contribution in [0.15, 0.2) is 47.6 Å². The molecule has 0 radical (unpaired) electrons. The number of hydrogen-bond donors (Lipinski definition) is 2. The molecule has 0 saturated heterocycles. The van der Waals surface area contributed by atoms with Crippen molar-refractivity contribution in [1.29, 1.82) is 0 Å². The van der Waals surface area contributed by atoms with E-state index in [0.29, 0.717) is 23.3 Å². The van der Waals surface area contributed by atoms with E-state index in [4.69, 9.17) is 5.11 Å². The number of amides is 1. The molecule has 27 heavy (non-hydrogen) atoms. The highest BCUT2D eigenvalue weighted by molar-refractivity contribution is 6.03. The monoisotopic (exact) mass is 370 g/mol. The van der Waals surface area contributed by atoms with Crippen molar-refractivity contribution in [3.8, 4) is 5.75 Å². The first-order valence-electron chi connectivity index (χ1n) is 8.52. The van der Waals surface area contributed by atoms with E-state index in [2.05, 4.69) is 5.10 Å². The Morgan fingerprint density at radius 2 is 1.89 bits per heavy atom. The van der Waals surface area contributed by atoms with Crippen LogP contribution in [0.3, 0.4) is 0 Å². The Kier molecular flexibility index (Phi) is 5.21. The van der Waals surface area contributed by atoms with Crippen molar-refractivity contribution in [2.45, 2.75) is 32.2 Å². The molecule has 1 heterocycles. The third kappa shape index (κ3) is 4.13. The number of halogens is 1. The van der Waals surface area contributed by atoms with Crippen molar-refractivity contribution >= 4 is 17.6 Å². The molecule has 1 atom stereocenters. The van der Waals surface area contributed by atoms with Gasteiger partial charge in [-0.15, -0.1) is 0 Å². The number of carbonyl (C=O) groups is 2. The average molecular weight is 370 g/mol. The highest BCUT2D eigenvalue weighted by atomic mass is 19.1. The maximum Gasteiger partial charge on any atom is 0.303 e. The van der Waals surface area contributed by atoms with Crippen LogP contribution in [0.2, 0.25) is 0 Å². The lowest BCUT2D eigenvalue weighted by Crippen LogP contribution is -2.27. The molecule has 2 aromatic carbocycles. The summed E-state index contributed by atoms with van der Waals surface area (Å²) in [6.07, 6.45) is -0.163. The van der Waals surface area contributed by atoms with Gasteiger partial charge in [0.2, 0.25) is 5.91 Å². The van der Waals surface area contributed by atoms with Crippen molar-refractivity contribution < 1.29 is 24.2 Å². The minimum atomic E-state index is -1.07. The van der Waals surface area contributed by atoms with Gasteiger partial charge in [0, 0.05) is 18.4 Å². The first-order valence-corrected chi connectivity index (χ1v) is 8.52. The summed E-state index contributed by atoms with van der Waals surface area (Å²) in [6.45, 7) is 1.87. The number of hydrazone groups is 1. The van der Waals surface area contributed by atoms with E-state index in [1.54, 1.807) is 30.3 Å². The lowest BCUT2D eigenvalue weighted by Gasteiger charge is -2.23. The van der Waals surface area contributed by atoms with Crippen molar-refractivity contribution in [3.05, 3.63) is 65.0 Å². The number of aromatic hydroxyl groups is 1. The molecule has 0 aromatic heterocycles. The number of carbonyl (C=O) groups excluding carboxylic acids is 1. The third-order valence-corrected chi connectivity index (χ3v) is 4.44. The lowest BCUT2D eigenvalue weighted by atomic mass is 9.96. The summed E-state index contributed by atoms with van der Waals surface area (Å²) >= 11 is 0. The fourth-order valence-corrected chi connectivity index (χ4v) is 3.07. The number of aliphatic carboxylic acids is 1. The second-order valence-electron chi connectivity index (χ2n) is 6.47. The van der Waals surface area contributed by atoms with Gasteiger partial charge in [-0.3, -0.25) is 9.59 Å². The summed E-state index contributed by atoms with van der Waals surface area (Å²) in [4.78, 5) is 23.4. The molecule has 7 heteroatoms. The number of phenols is 1. The molecule has 1 aliphatic rings. The smallest absolute Gasteiger partial charge is 0.303 e. The molecule has 0 spiro atoms. The number of benzene rings is 2. The molecule has 1 aliphatic heterocycles. The highest BCUT2D eigenvalue weighted by Gasteiger charge is 2.34. The quantitative estimate of drug-likeness (QED) is 0.844. The summed E-state index contributed by atoms with van der Waals surface area (Å²) < 4.78 is 13.2. The standard InChI is InChI=1S/C20H19FN2O4/c1-12-2-7-18(24)15(10-12)17-11-16(13-3-5-14(21)6-4-13)22-23(17)19(25)8-9-20(26)27/h2-7,10,17,24H,8-9,11H2,1H3,(H,26,27)/t17-/m1/s1. The van der Waals surface area contributed by atoms with E-state index in [0.717, 1.165) is 5.56 Å².